The number of pyridine rings is 1. The van der Waals surface area contributed by atoms with E-state index >= 15 is 0 Å². The number of ether oxygens (including phenoxy) is 1. The summed E-state index contributed by atoms with van der Waals surface area (Å²) in [5, 5.41) is 18.1. The molecule has 2 aromatic carbocycles. The van der Waals surface area contributed by atoms with Crippen molar-refractivity contribution in [2.75, 3.05) is 4.81 Å². The number of anilines is 1. The summed E-state index contributed by atoms with van der Waals surface area (Å²) in [5.74, 6) is 0.829. The van der Waals surface area contributed by atoms with Crippen LogP contribution in [0.3, 0.4) is 0 Å². The molecule has 0 fully saturated rings. The number of nitriles is 2. The fraction of sp³-hybridized carbons (Fsp3) is 0.240. The van der Waals surface area contributed by atoms with Gasteiger partial charge in [0.2, 0.25) is 7.98 Å². The molecule has 0 saturated carbocycles. The molecule has 1 heterocycles. The molecular weight excluding hydrogens is 383 g/mol. The molecule has 0 saturated heterocycles. The van der Waals surface area contributed by atoms with Gasteiger partial charge in [0.15, 0.2) is 0 Å². The van der Waals surface area contributed by atoms with Gasteiger partial charge in [0, 0.05) is 24.0 Å². The minimum absolute atomic E-state index is 0.393. The van der Waals surface area contributed by atoms with Crippen molar-refractivity contribution in [2.24, 2.45) is 0 Å². The zero-order valence-corrected chi connectivity index (χ0v) is 18.2. The molecule has 0 amide bonds. The predicted molar refractivity (Wildman–Crippen MR) is 124 cm³/mol. The molecule has 1 aromatic heterocycles. The Morgan fingerprint density at radius 3 is 2.48 bits per heavy atom. The van der Waals surface area contributed by atoms with Crippen LogP contribution in [0, 0.1) is 29.6 Å². The first-order valence-corrected chi connectivity index (χ1v) is 10.4. The second kappa shape index (κ2) is 10.3. The fourth-order valence-corrected chi connectivity index (χ4v) is 3.55. The second-order valence-electron chi connectivity index (χ2n) is 7.54. The lowest BCUT2D eigenvalue weighted by Crippen LogP contribution is -2.20. The summed E-state index contributed by atoms with van der Waals surface area (Å²) >= 11 is 0. The highest BCUT2D eigenvalue weighted by Crippen LogP contribution is 2.29. The summed E-state index contributed by atoms with van der Waals surface area (Å²) in [7, 11) is 2.03. The molecule has 154 valence electrons. The Bertz CT molecular complexity index is 1130. The van der Waals surface area contributed by atoms with E-state index in [9.17, 15) is 0 Å². The molecule has 6 heteroatoms. The van der Waals surface area contributed by atoms with E-state index in [0.29, 0.717) is 24.3 Å². The molecule has 0 spiro atoms. The van der Waals surface area contributed by atoms with Crippen LogP contribution >= 0.6 is 0 Å². The van der Waals surface area contributed by atoms with Crippen molar-refractivity contribution in [3.05, 3.63) is 88.2 Å². The number of aromatic nitrogens is 1. The second-order valence-corrected chi connectivity index (χ2v) is 7.54. The Morgan fingerprint density at radius 1 is 1.06 bits per heavy atom. The van der Waals surface area contributed by atoms with Crippen LogP contribution in [0.5, 0.6) is 5.75 Å². The van der Waals surface area contributed by atoms with E-state index in [1.54, 1.807) is 6.07 Å². The summed E-state index contributed by atoms with van der Waals surface area (Å²) < 4.78 is 6.24. The fourth-order valence-electron chi connectivity index (χ4n) is 3.55. The molecule has 0 aliphatic rings. The van der Waals surface area contributed by atoms with Gasteiger partial charge in [-0.05, 0) is 60.9 Å². The first-order valence-electron chi connectivity index (χ1n) is 10.4. The average Bonchev–Trinajstić information content (AvgIpc) is 2.80. The van der Waals surface area contributed by atoms with Crippen molar-refractivity contribution in [2.45, 2.75) is 39.8 Å². The highest BCUT2D eigenvalue weighted by Gasteiger charge is 2.15. The van der Waals surface area contributed by atoms with E-state index in [1.807, 2.05) is 63.6 Å². The molecule has 0 radical (unpaired) electrons. The quantitative estimate of drug-likeness (QED) is 0.522. The summed E-state index contributed by atoms with van der Waals surface area (Å²) in [6.45, 7) is 5.21. The summed E-state index contributed by atoms with van der Waals surface area (Å²) in [4.78, 5) is 6.74. The monoisotopic (exact) mass is 408 g/mol. The van der Waals surface area contributed by atoms with Gasteiger partial charge >= 0.3 is 0 Å². The van der Waals surface area contributed by atoms with Crippen LogP contribution in [0.15, 0.2) is 54.7 Å². The van der Waals surface area contributed by atoms with Crippen molar-refractivity contribution in [3.8, 4) is 17.9 Å². The normalized spacial score (nSPS) is 10.2. The van der Waals surface area contributed by atoms with E-state index in [1.165, 1.54) is 5.56 Å². The van der Waals surface area contributed by atoms with Crippen molar-refractivity contribution in [1.29, 1.82) is 10.5 Å². The molecule has 0 atom stereocenters. The Hall–Kier alpha value is -3.77. The highest BCUT2D eigenvalue weighted by atomic mass is 16.5. The lowest BCUT2D eigenvalue weighted by molar-refractivity contribution is 0.298. The van der Waals surface area contributed by atoms with Gasteiger partial charge in [0.05, 0.1) is 29.0 Å². The van der Waals surface area contributed by atoms with Gasteiger partial charge in [-0.2, -0.15) is 10.5 Å². The van der Waals surface area contributed by atoms with Crippen LogP contribution in [0.4, 0.5) is 5.69 Å². The van der Waals surface area contributed by atoms with Gasteiger partial charge in [0.25, 0.3) is 0 Å². The predicted octanol–water partition coefficient (Wildman–Crippen LogP) is 4.22. The van der Waals surface area contributed by atoms with E-state index in [-0.39, 0.29) is 0 Å². The molecule has 0 N–H and O–H groups in total. The van der Waals surface area contributed by atoms with Crippen LogP contribution in [0.1, 0.15) is 46.9 Å². The Labute approximate surface area is 185 Å². The smallest absolute Gasteiger partial charge is 0.217 e. The summed E-state index contributed by atoms with van der Waals surface area (Å²) in [5.41, 5.74) is 6.44. The van der Waals surface area contributed by atoms with Crippen LogP contribution in [0.2, 0.25) is 0 Å². The molecule has 0 aliphatic carbocycles. The molecule has 0 aliphatic heterocycles. The highest BCUT2D eigenvalue weighted by molar-refractivity contribution is 6.17. The van der Waals surface area contributed by atoms with E-state index in [0.717, 1.165) is 41.1 Å². The van der Waals surface area contributed by atoms with Gasteiger partial charge < -0.3 is 9.55 Å². The maximum absolute atomic E-state index is 9.13. The Morgan fingerprint density at radius 2 is 1.81 bits per heavy atom. The Kier molecular flexibility index (Phi) is 7.30. The standard InChI is InChI=1S/C25H25BN4O/c1-3-5-24-22(16-30(26)23-10-8-19(13-27)9-11-23)15-29-18(2)25(24)31-17-21-7-4-6-20(12-21)14-28/h4,6-12,15H,3,5,16-17,26H2,1-2H3. The lowest BCUT2D eigenvalue weighted by Gasteiger charge is -2.23. The minimum atomic E-state index is 0.393. The third kappa shape index (κ3) is 5.44. The van der Waals surface area contributed by atoms with Crippen LogP contribution in [-0.4, -0.2) is 13.0 Å². The first-order chi connectivity index (χ1) is 15.0. The number of nitrogens with zero attached hydrogens (tertiary/aromatic N) is 4. The van der Waals surface area contributed by atoms with E-state index < -0.39 is 0 Å². The lowest BCUT2D eigenvalue weighted by atomic mass is 10.0. The maximum atomic E-state index is 9.13. The summed E-state index contributed by atoms with van der Waals surface area (Å²) in [6.07, 6.45) is 3.83. The molecule has 3 aromatic rings. The largest absolute Gasteiger partial charge is 0.487 e. The van der Waals surface area contributed by atoms with Crippen LogP contribution in [0.25, 0.3) is 0 Å². The first kappa shape index (κ1) is 21.9. The minimum Gasteiger partial charge on any atom is -0.487 e. The summed E-state index contributed by atoms with van der Waals surface area (Å²) in [6, 6.07) is 19.4. The number of benzene rings is 2. The van der Waals surface area contributed by atoms with E-state index in [2.05, 4.69) is 28.9 Å². The topological polar surface area (TPSA) is 72.9 Å². The van der Waals surface area contributed by atoms with Crippen molar-refractivity contribution < 1.29 is 4.74 Å². The molecule has 31 heavy (non-hydrogen) atoms. The number of rotatable bonds is 8. The molecule has 5 nitrogen and oxygen atoms in total. The van der Waals surface area contributed by atoms with Gasteiger partial charge in [-0.1, -0.05) is 25.5 Å². The maximum Gasteiger partial charge on any atom is 0.217 e. The molecule has 0 bridgehead atoms. The third-order valence-corrected chi connectivity index (χ3v) is 5.19. The van der Waals surface area contributed by atoms with Crippen LogP contribution < -0.4 is 9.55 Å². The molecule has 0 unspecified atom stereocenters. The third-order valence-electron chi connectivity index (χ3n) is 5.19. The Balaban J connectivity index is 1.85. The van der Waals surface area contributed by atoms with Gasteiger partial charge in [-0.15, -0.1) is 0 Å². The van der Waals surface area contributed by atoms with Crippen molar-refractivity contribution >= 4 is 13.7 Å². The number of hydrogen-bond acceptors (Lipinski definition) is 5. The van der Waals surface area contributed by atoms with Crippen LogP contribution in [-0.2, 0) is 19.6 Å². The average molecular weight is 408 g/mol. The van der Waals surface area contributed by atoms with Gasteiger partial charge in [-0.3, -0.25) is 4.98 Å². The zero-order chi connectivity index (χ0) is 22.2. The van der Waals surface area contributed by atoms with Crippen molar-refractivity contribution in [1.82, 2.24) is 4.98 Å². The van der Waals surface area contributed by atoms with Gasteiger partial charge in [-0.25, -0.2) is 0 Å². The van der Waals surface area contributed by atoms with E-state index in [4.69, 9.17) is 15.3 Å². The number of aryl methyl sites for hydroxylation is 1. The molecule has 3 rings (SSSR count). The zero-order valence-electron chi connectivity index (χ0n) is 18.2. The molecular formula is C25H25BN4O. The SMILES string of the molecule is BN(Cc1cnc(C)c(OCc2cccc(C#N)c2)c1CCC)c1ccc(C#N)cc1. The van der Waals surface area contributed by atoms with Crippen molar-refractivity contribution in [3.63, 3.8) is 0 Å². The number of hydrogen-bond donors (Lipinski definition) is 0. The van der Waals surface area contributed by atoms with Gasteiger partial charge in [0.1, 0.15) is 12.4 Å².